The molecule has 2 fully saturated rings. The van der Waals surface area contributed by atoms with Crippen LogP contribution >= 0.6 is 0 Å². The van der Waals surface area contributed by atoms with Crippen LogP contribution in [0.3, 0.4) is 0 Å². The van der Waals surface area contributed by atoms with E-state index in [1.54, 1.807) is 51.9 Å². The summed E-state index contributed by atoms with van der Waals surface area (Å²) in [6.07, 6.45) is 4.76. The molecule has 2 aromatic heterocycles. The molecule has 0 radical (unpaired) electrons. The number of aromatic nitrogens is 2. The van der Waals surface area contributed by atoms with Crippen LogP contribution in [0.25, 0.3) is 23.3 Å². The fourth-order valence-corrected chi connectivity index (χ4v) is 12.1. The van der Waals surface area contributed by atoms with Crippen molar-refractivity contribution < 1.29 is 75.6 Å². The van der Waals surface area contributed by atoms with Gasteiger partial charge in [0.1, 0.15) is 18.2 Å². The Hall–Kier alpha value is -8.14. The van der Waals surface area contributed by atoms with Crippen LogP contribution in [-0.4, -0.2) is 232 Å². The maximum Gasteiger partial charge on any atom is 0.416 e. The number of piperidine rings is 2. The van der Waals surface area contributed by atoms with E-state index in [0.717, 1.165) is 36.0 Å². The van der Waals surface area contributed by atoms with E-state index in [1.807, 2.05) is 39.5 Å². The summed E-state index contributed by atoms with van der Waals surface area (Å²) in [6, 6.07) is 8.17. The minimum atomic E-state index is -0.729. The molecular weight excluding hydrogens is 1240 g/mol. The molecule has 8 amide bonds. The molecule has 96 heavy (non-hydrogen) atoms. The summed E-state index contributed by atoms with van der Waals surface area (Å²) >= 11 is 0. The number of fused-ring (bicyclic) bond motifs is 2. The van der Waals surface area contributed by atoms with Gasteiger partial charge in [0.05, 0.1) is 74.9 Å². The van der Waals surface area contributed by atoms with Crippen molar-refractivity contribution in [2.75, 3.05) is 156 Å². The number of aromatic amines is 2. The smallest absolute Gasteiger partial charge is 0.416 e. The van der Waals surface area contributed by atoms with E-state index in [1.165, 1.54) is 36.4 Å². The number of hydrogen-bond acceptors (Lipinski definition) is 16. The van der Waals surface area contributed by atoms with E-state index >= 15 is 0 Å². The van der Waals surface area contributed by atoms with Crippen molar-refractivity contribution in [3.8, 4) is 0 Å². The molecule has 524 valence electrons. The second kappa shape index (κ2) is 36.8. The van der Waals surface area contributed by atoms with Crippen LogP contribution in [0.1, 0.15) is 132 Å². The maximum atomic E-state index is 14.1. The highest BCUT2D eigenvalue weighted by Crippen LogP contribution is 2.37. The molecular formula is C70H96F2N10O14. The van der Waals surface area contributed by atoms with Crippen molar-refractivity contribution in [2.24, 2.45) is 11.8 Å². The van der Waals surface area contributed by atoms with Gasteiger partial charge in [-0.3, -0.25) is 28.8 Å². The van der Waals surface area contributed by atoms with Crippen molar-refractivity contribution in [3.63, 3.8) is 0 Å². The Morgan fingerprint density at radius 1 is 0.552 bits per heavy atom. The van der Waals surface area contributed by atoms with Crippen molar-refractivity contribution in [2.45, 2.75) is 94.4 Å². The molecule has 8 rings (SSSR count). The number of halogens is 2. The van der Waals surface area contributed by atoms with Crippen molar-refractivity contribution in [1.29, 1.82) is 0 Å². The van der Waals surface area contributed by atoms with Crippen LogP contribution in [0.2, 0.25) is 0 Å². The number of rotatable bonds is 30. The molecule has 4 aromatic rings. The van der Waals surface area contributed by atoms with Gasteiger partial charge in [-0.15, -0.1) is 0 Å². The summed E-state index contributed by atoms with van der Waals surface area (Å²) in [5.74, 6) is -2.61. The van der Waals surface area contributed by atoms with Crippen LogP contribution in [0.5, 0.6) is 0 Å². The third-order valence-corrected chi connectivity index (χ3v) is 18.0. The monoisotopic (exact) mass is 1340 g/mol. The molecule has 0 saturated carbocycles. The summed E-state index contributed by atoms with van der Waals surface area (Å²) in [4.78, 5) is 122. The number of ether oxygens (including phenoxy) is 6. The summed E-state index contributed by atoms with van der Waals surface area (Å²) in [5.41, 5.74) is 6.26. The molecule has 0 unspecified atom stereocenters. The number of carbonyl (C=O) groups excluding carboxylic acids is 8. The lowest BCUT2D eigenvalue weighted by Gasteiger charge is -2.32. The standard InChI is InChI=1S/2C35H48FN5O7/c1-6-39(7-2)15-16-41(35(45)48-22-25-10-13-40(14-11-25)31(42)12-17-47-19-18-46-5)34(44)32-23(3)30(37-24(32)4)21-28-27-20-26(36)8-9-29(27)38-33(28)43;1-6-39(7-2)15-16-41(35(45)48-21-25-11-13-40(14-12-25)31(42)22-47-18-17-46-8-3)34(44)32-23(4)30(37-24(32)5)20-28-27-19-26(36)9-10-29(27)38-33(28)43/h8-9,20-21,25,37H,6-7,10-19,22H2,1-5H3,(H,38,43);9-10,19-20,25,37H,6-8,11-18,21-22H2,1-5H3,(H,38,43)/b28-21-;28-20-. The molecule has 2 aromatic carbocycles. The number of amides is 8. The Bertz CT molecular complexity index is 3210. The molecule has 4 aliphatic rings. The number of likely N-dealkylation sites (tertiary alicyclic amines) is 2. The summed E-state index contributed by atoms with van der Waals surface area (Å²) < 4.78 is 60.5. The number of methoxy groups -OCH3 is 1. The average Bonchev–Trinajstić information content (AvgIpc) is 1.63. The van der Waals surface area contributed by atoms with Crippen LogP contribution in [0, 0.1) is 51.2 Å². The number of hydrogen-bond donors (Lipinski definition) is 4. The number of nitrogens with one attached hydrogen (secondary N) is 4. The second-order valence-corrected chi connectivity index (χ2v) is 24.1. The lowest BCUT2D eigenvalue weighted by Crippen LogP contribution is -2.44. The molecule has 24 nitrogen and oxygen atoms in total. The zero-order chi connectivity index (χ0) is 69.6. The molecule has 4 aliphatic heterocycles. The topological polar surface area (TPSA) is 267 Å². The molecule has 26 heteroatoms. The Labute approximate surface area is 561 Å². The van der Waals surface area contributed by atoms with Gasteiger partial charge >= 0.3 is 12.2 Å². The molecule has 6 heterocycles. The van der Waals surface area contributed by atoms with Gasteiger partial charge in [0.15, 0.2) is 0 Å². The van der Waals surface area contributed by atoms with Gasteiger partial charge in [0.25, 0.3) is 23.6 Å². The van der Waals surface area contributed by atoms with Crippen LogP contribution < -0.4 is 10.6 Å². The first-order valence-electron chi connectivity index (χ1n) is 33.4. The molecule has 0 bridgehead atoms. The fraction of sp³-hybridized carbons (Fsp3) is 0.543. The average molecular weight is 1340 g/mol. The van der Waals surface area contributed by atoms with Crippen molar-refractivity contribution in [3.05, 3.63) is 104 Å². The van der Waals surface area contributed by atoms with E-state index < -0.39 is 35.6 Å². The van der Waals surface area contributed by atoms with Gasteiger partial charge in [-0.05, 0) is 158 Å². The van der Waals surface area contributed by atoms with Crippen LogP contribution in [0.4, 0.5) is 29.7 Å². The fourth-order valence-electron chi connectivity index (χ4n) is 12.1. The van der Waals surface area contributed by atoms with Crippen LogP contribution in [0.15, 0.2) is 36.4 Å². The first kappa shape index (κ1) is 75.2. The highest BCUT2D eigenvalue weighted by Gasteiger charge is 2.35. The number of carbonyl (C=O) groups is 8. The number of aryl methyl sites for hydroxylation is 2. The largest absolute Gasteiger partial charge is 0.449 e. The lowest BCUT2D eigenvalue weighted by atomic mass is 9.97. The van der Waals surface area contributed by atoms with E-state index in [-0.39, 0.29) is 79.5 Å². The highest BCUT2D eigenvalue weighted by atomic mass is 19.1. The number of nitrogens with zero attached hydrogens (tertiary/aromatic N) is 6. The van der Waals surface area contributed by atoms with Gasteiger partial charge in [0, 0.05) is 111 Å². The molecule has 0 spiro atoms. The number of H-pyrrole nitrogens is 2. The first-order valence-corrected chi connectivity index (χ1v) is 33.4. The minimum absolute atomic E-state index is 0.00613. The van der Waals surface area contributed by atoms with Gasteiger partial charge < -0.3 is 68.6 Å². The predicted octanol–water partition coefficient (Wildman–Crippen LogP) is 8.95. The zero-order valence-corrected chi connectivity index (χ0v) is 57.3. The minimum Gasteiger partial charge on any atom is -0.449 e. The third-order valence-electron chi connectivity index (χ3n) is 18.0. The van der Waals surface area contributed by atoms with Gasteiger partial charge in [-0.1, -0.05) is 27.7 Å². The number of benzene rings is 2. The number of anilines is 2. The number of imide groups is 2. The van der Waals surface area contributed by atoms with Gasteiger partial charge in [0.2, 0.25) is 11.8 Å². The van der Waals surface area contributed by atoms with E-state index in [9.17, 15) is 47.1 Å². The zero-order valence-electron chi connectivity index (χ0n) is 57.3. The van der Waals surface area contributed by atoms with Gasteiger partial charge in [-0.2, -0.15) is 0 Å². The molecule has 4 N–H and O–H groups in total. The van der Waals surface area contributed by atoms with Crippen molar-refractivity contribution >= 4 is 82.3 Å². The lowest BCUT2D eigenvalue weighted by molar-refractivity contribution is -0.138. The van der Waals surface area contributed by atoms with Crippen molar-refractivity contribution in [1.82, 2.24) is 39.4 Å². The summed E-state index contributed by atoms with van der Waals surface area (Å²) in [5, 5.41) is 5.47. The number of likely N-dealkylation sites (N-methyl/N-ethyl adjacent to an activating group) is 2. The Kier molecular flexibility index (Phi) is 28.9. The third kappa shape index (κ3) is 20.0. The highest BCUT2D eigenvalue weighted by molar-refractivity contribution is 6.35. The Balaban J connectivity index is 0.000000271. The first-order chi connectivity index (χ1) is 46.1. The van der Waals surface area contributed by atoms with Gasteiger partial charge in [-0.25, -0.2) is 28.2 Å². The van der Waals surface area contributed by atoms with E-state index in [4.69, 9.17) is 28.4 Å². The van der Waals surface area contributed by atoms with Crippen LogP contribution in [-0.2, 0) is 47.6 Å². The second-order valence-electron chi connectivity index (χ2n) is 24.1. The summed E-state index contributed by atoms with van der Waals surface area (Å²) in [7, 11) is 1.60. The Morgan fingerprint density at radius 3 is 1.39 bits per heavy atom. The molecule has 2 saturated heterocycles. The SMILES string of the molecule is CCN(CC)CCN(C(=O)OCC1CCN(C(=O)CCOCCOC)CC1)C(=O)c1c(C)[nH]c(/C=C2\C(=O)Nc3ccc(F)cc32)c1C.CCOCCOCC(=O)N1CCC(COC(=O)N(CCN(CC)CC)C(=O)c2c(C)[nH]c(/C=C3\C(=O)Nc4ccc(F)cc43)c2C)CC1. The summed E-state index contributed by atoms with van der Waals surface area (Å²) in [6.45, 7) is 26.4. The normalized spacial score (nSPS) is 15.6. The molecule has 0 aliphatic carbocycles. The quantitative estimate of drug-likeness (QED) is 0.0280. The Morgan fingerprint density at radius 2 is 0.969 bits per heavy atom. The predicted molar refractivity (Wildman–Crippen MR) is 360 cm³/mol. The van der Waals surface area contributed by atoms with E-state index in [0.29, 0.717) is 179 Å². The maximum absolute atomic E-state index is 14.1. The molecule has 0 atom stereocenters. The van der Waals surface area contributed by atoms with E-state index in [2.05, 4.69) is 30.4 Å².